The lowest BCUT2D eigenvalue weighted by molar-refractivity contribution is 0.234. The van der Waals surface area contributed by atoms with Gasteiger partial charge in [0.1, 0.15) is 5.82 Å². The molecule has 2 amide bonds. The largest absolute Gasteiger partial charge is 0.335 e. The number of nitrogens with one attached hydrogen (secondary N) is 2. The molecule has 0 saturated heterocycles. The average Bonchev–Trinajstić information content (AvgIpc) is 2.84. The minimum atomic E-state index is -0.233. The Morgan fingerprint density at radius 3 is 2.58 bits per heavy atom. The Hall–Kier alpha value is -1.58. The van der Waals surface area contributed by atoms with Crippen LogP contribution in [0.5, 0.6) is 0 Å². The Bertz CT molecular complexity index is 413. The van der Waals surface area contributed by atoms with E-state index in [1.165, 1.54) is 25.0 Å². The van der Waals surface area contributed by atoms with Gasteiger partial charge in [0.2, 0.25) is 0 Å². The van der Waals surface area contributed by atoms with E-state index in [0.29, 0.717) is 12.5 Å². The lowest BCUT2D eigenvalue weighted by Gasteiger charge is -2.17. The Labute approximate surface area is 113 Å². The molecule has 1 atom stereocenters. The number of amides is 2. The topological polar surface area (TPSA) is 41.1 Å². The monoisotopic (exact) mass is 264 g/mol. The van der Waals surface area contributed by atoms with E-state index in [2.05, 4.69) is 10.6 Å². The minimum Gasteiger partial charge on any atom is -0.335 e. The van der Waals surface area contributed by atoms with Gasteiger partial charge in [0, 0.05) is 12.1 Å². The molecule has 0 spiro atoms. The molecule has 1 aliphatic carbocycles. The first-order valence-electron chi connectivity index (χ1n) is 6.95. The molecule has 4 heteroatoms. The van der Waals surface area contributed by atoms with Crippen molar-refractivity contribution >= 4 is 6.03 Å². The van der Waals surface area contributed by atoms with Crippen LogP contribution in [0, 0.1) is 5.82 Å². The highest BCUT2D eigenvalue weighted by Gasteiger charge is 2.17. The van der Waals surface area contributed by atoms with Gasteiger partial charge in [0.25, 0.3) is 0 Å². The van der Waals surface area contributed by atoms with Gasteiger partial charge in [0.15, 0.2) is 0 Å². The Balaban J connectivity index is 1.75. The van der Waals surface area contributed by atoms with E-state index in [-0.39, 0.29) is 17.9 Å². The fourth-order valence-electron chi connectivity index (χ4n) is 2.55. The first-order valence-corrected chi connectivity index (χ1v) is 6.95. The van der Waals surface area contributed by atoms with Crippen LogP contribution in [-0.4, -0.2) is 18.1 Å². The molecule has 0 bridgehead atoms. The summed E-state index contributed by atoms with van der Waals surface area (Å²) in [4.78, 5) is 11.8. The van der Waals surface area contributed by atoms with Crippen LogP contribution >= 0.6 is 0 Å². The molecule has 0 aromatic heterocycles. The maximum Gasteiger partial charge on any atom is 0.315 e. The van der Waals surface area contributed by atoms with Crippen molar-refractivity contribution in [3.05, 3.63) is 35.6 Å². The highest BCUT2D eigenvalue weighted by molar-refractivity contribution is 5.74. The molecule has 1 aromatic carbocycles. The van der Waals surface area contributed by atoms with E-state index >= 15 is 0 Å². The predicted molar refractivity (Wildman–Crippen MR) is 73.5 cm³/mol. The summed E-state index contributed by atoms with van der Waals surface area (Å²) in [5.41, 5.74) is 1.02. The van der Waals surface area contributed by atoms with Crippen LogP contribution in [0.15, 0.2) is 24.3 Å². The van der Waals surface area contributed by atoms with Crippen molar-refractivity contribution in [3.8, 4) is 0 Å². The summed E-state index contributed by atoms with van der Waals surface area (Å²) in [5.74, 6) is -0.233. The summed E-state index contributed by atoms with van der Waals surface area (Å²) in [6.45, 7) is 1.96. The van der Waals surface area contributed by atoms with Gasteiger partial charge in [-0.2, -0.15) is 0 Å². The summed E-state index contributed by atoms with van der Waals surface area (Å²) >= 11 is 0. The zero-order valence-electron chi connectivity index (χ0n) is 11.3. The summed E-state index contributed by atoms with van der Waals surface area (Å²) < 4.78 is 12.8. The molecule has 1 aliphatic rings. The molecule has 2 rings (SSSR count). The number of hydrogen-bond acceptors (Lipinski definition) is 1. The number of rotatable bonds is 4. The maximum absolute atomic E-state index is 12.8. The van der Waals surface area contributed by atoms with E-state index in [4.69, 9.17) is 0 Å². The predicted octanol–water partition coefficient (Wildman–Crippen LogP) is 3.00. The molecule has 104 valence electrons. The van der Waals surface area contributed by atoms with Crippen LogP contribution in [0.3, 0.4) is 0 Å². The third-order valence-electron chi connectivity index (χ3n) is 3.52. The molecule has 19 heavy (non-hydrogen) atoms. The van der Waals surface area contributed by atoms with E-state index < -0.39 is 0 Å². The molecule has 1 unspecified atom stereocenters. The second-order valence-electron chi connectivity index (χ2n) is 5.33. The van der Waals surface area contributed by atoms with Gasteiger partial charge in [-0.05, 0) is 43.9 Å². The smallest absolute Gasteiger partial charge is 0.315 e. The van der Waals surface area contributed by atoms with Gasteiger partial charge in [-0.3, -0.25) is 0 Å². The number of carbonyl (C=O) groups is 1. The summed E-state index contributed by atoms with van der Waals surface area (Å²) in [6.07, 6.45) is 5.28. The zero-order chi connectivity index (χ0) is 13.7. The lowest BCUT2D eigenvalue weighted by Crippen LogP contribution is -2.45. The molecule has 0 heterocycles. The Morgan fingerprint density at radius 1 is 1.32 bits per heavy atom. The second kappa shape index (κ2) is 6.55. The molecule has 0 aliphatic heterocycles. The van der Waals surface area contributed by atoms with Crippen LogP contribution in [0.25, 0.3) is 0 Å². The minimum absolute atomic E-state index is 0.0341. The number of urea groups is 1. The highest BCUT2D eigenvalue weighted by atomic mass is 19.1. The van der Waals surface area contributed by atoms with Crippen molar-refractivity contribution in [2.75, 3.05) is 0 Å². The molecule has 1 fully saturated rings. The molecule has 3 nitrogen and oxygen atoms in total. The van der Waals surface area contributed by atoms with Gasteiger partial charge < -0.3 is 10.6 Å². The Kier molecular flexibility index (Phi) is 4.77. The van der Waals surface area contributed by atoms with Crippen molar-refractivity contribution < 1.29 is 9.18 Å². The summed E-state index contributed by atoms with van der Waals surface area (Å²) in [7, 11) is 0. The highest BCUT2D eigenvalue weighted by Crippen LogP contribution is 2.17. The summed E-state index contributed by atoms with van der Waals surface area (Å²) in [5, 5.41) is 5.92. The van der Waals surface area contributed by atoms with Crippen LogP contribution in [0.4, 0.5) is 9.18 Å². The first kappa shape index (κ1) is 13.8. The number of benzene rings is 1. The van der Waals surface area contributed by atoms with E-state index in [1.807, 2.05) is 6.92 Å². The zero-order valence-corrected chi connectivity index (χ0v) is 11.3. The van der Waals surface area contributed by atoms with Crippen molar-refractivity contribution in [2.45, 2.75) is 51.1 Å². The molecule has 1 aromatic rings. The van der Waals surface area contributed by atoms with E-state index in [1.54, 1.807) is 12.1 Å². The molecule has 0 radical (unpaired) electrons. The third kappa shape index (κ3) is 4.54. The van der Waals surface area contributed by atoms with Crippen molar-refractivity contribution in [1.82, 2.24) is 10.6 Å². The SMILES string of the molecule is CC(Cc1ccc(F)cc1)NC(=O)NC1CCCC1. The standard InChI is InChI=1S/C15H21FN2O/c1-11(10-12-6-8-13(16)9-7-12)17-15(19)18-14-4-2-3-5-14/h6-9,11,14H,2-5,10H2,1H3,(H2,17,18,19). The fourth-order valence-corrected chi connectivity index (χ4v) is 2.55. The quantitative estimate of drug-likeness (QED) is 0.862. The van der Waals surface area contributed by atoms with Crippen molar-refractivity contribution in [3.63, 3.8) is 0 Å². The van der Waals surface area contributed by atoms with Crippen LogP contribution < -0.4 is 10.6 Å². The van der Waals surface area contributed by atoms with Crippen LogP contribution in [0.2, 0.25) is 0 Å². The fraction of sp³-hybridized carbons (Fsp3) is 0.533. The average molecular weight is 264 g/mol. The lowest BCUT2D eigenvalue weighted by atomic mass is 10.1. The van der Waals surface area contributed by atoms with Gasteiger partial charge in [-0.25, -0.2) is 9.18 Å². The van der Waals surface area contributed by atoms with Gasteiger partial charge in [-0.15, -0.1) is 0 Å². The number of halogens is 1. The molecule has 1 saturated carbocycles. The van der Waals surface area contributed by atoms with Crippen molar-refractivity contribution in [1.29, 1.82) is 0 Å². The van der Waals surface area contributed by atoms with Crippen LogP contribution in [0.1, 0.15) is 38.2 Å². The normalized spacial score (nSPS) is 17.2. The second-order valence-corrected chi connectivity index (χ2v) is 5.33. The van der Waals surface area contributed by atoms with Crippen molar-refractivity contribution in [2.24, 2.45) is 0 Å². The third-order valence-corrected chi connectivity index (χ3v) is 3.52. The van der Waals surface area contributed by atoms with Gasteiger partial charge >= 0.3 is 6.03 Å². The van der Waals surface area contributed by atoms with Gasteiger partial charge in [0.05, 0.1) is 0 Å². The van der Waals surface area contributed by atoms with Crippen LogP contribution in [-0.2, 0) is 6.42 Å². The van der Waals surface area contributed by atoms with Gasteiger partial charge in [-0.1, -0.05) is 25.0 Å². The first-order chi connectivity index (χ1) is 9.13. The molecule has 2 N–H and O–H groups in total. The molecular formula is C15H21FN2O. The summed E-state index contributed by atoms with van der Waals surface area (Å²) in [6, 6.07) is 6.66. The number of carbonyl (C=O) groups excluding carboxylic acids is 1. The van der Waals surface area contributed by atoms with E-state index in [0.717, 1.165) is 18.4 Å². The molecular weight excluding hydrogens is 243 g/mol. The Morgan fingerprint density at radius 2 is 1.95 bits per heavy atom. The number of hydrogen-bond donors (Lipinski definition) is 2. The maximum atomic E-state index is 12.8. The van der Waals surface area contributed by atoms with E-state index in [9.17, 15) is 9.18 Å².